The van der Waals surface area contributed by atoms with Gasteiger partial charge in [-0.1, -0.05) is 40.3 Å². The molecule has 4 N–H and O–H groups in total. The van der Waals surface area contributed by atoms with Crippen LogP contribution in [0, 0.1) is 5.41 Å². The molecule has 0 saturated heterocycles. The summed E-state index contributed by atoms with van der Waals surface area (Å²) in [7, 11) is 0. The quantitative estimate of drug-likeness (QED) is 0.457. The third-order valence-electron chi connectivity index (χ3n) is 2.89. The van der Waals surface area contributed by atoms with Crippen LogP contribution in [0.3, 0.4) is 0 Å². The van der Waals surface area contributed by atoms with E-state index in [1.54, 1.807) is 0 Å². The van der Waals surface area contributed by atoms with E-state index in [9.17, 15) is 19.8 Å². The maximum Gasteiger partial charge on any atom is 0.330 e. The molecule has 0 aromatic carbocycles. The van der Waals surface area contributed by atoms with Gasteiger partial charge in [0.05, 0.1) is 0 Å². The third-order valence-corrected chi connectivity index (χ3v) is 2.89. The second kappa shape index (κ2) is 11.0. The van der Waals surface area contributed by atoms with Crippen LogP contribution >= 0.6 is 0 Å². The van der Waals surface area contributed by atoms with Crippen molar-refractivity contribution in [3.63, 3.8) is 0 Å². The lowest BCUT2D eigenvalue weighted by Crippen LogP contribution is -2.41. The first-order valence-corrected chi connectivity index (χ1v) is 6.82. The van der Waals surface area contributed by atoms with Crippen LogP contribution in [-0.4, -0.2) is 38.2 Å². The lowest BCUT2D eigenvalue weighted by atomic mass is 9.80. The molecule has 0 saturated carbocycles. The van der Waals surface area contributed by atoms with Gasteiger partial charge in [0.1, 0.15) is 0 Å². The van der Waals surface area contributed by atoms with Gasteiger partial charge in [-0.15, -0.1) is 0 Å². The second-order valence-corrected chi connectivity index (χ2v) is 5.83. The molecule has 0 aliphatic rings. The molecule has 0 aliphatic heterocycles. The molecule has 6 heteroatoms. The van der Waals surface area contributed by atoms with Crippen LogP contribution in [0.5, 0.6) is 0 Å². The molecule has 0 fully saturated rings. The maximum atomic E-state index is 9.60. The summed E-state index contributed by atoms with van der Waals surface area (Å²) >= 11 is 0. The van der Waals surface area contributed by atoms with E-state index < -0.39 is 23.1 Å². The minimum atomic E-state index is -1.55. The molecule has 0 bridgehead atoms. The topological polar surface area (TPSA) is 115 Å². The Balaban J connectivity index is -0.000000261. The van der Waals surface area contributed by atoms with E-state index in [2.05, 4.69) is 13.2 Å². The summed E-state index contributed by atoms with van der Waals surface area (Å²) < 4.78 is 0. The van der Waals surface area contributed by atoms with E-state index in [0.717, 1.165) is 12.8 Å². The molecule has 0 spiro atoms. The first-order chi connectivity index (χ1) is 9.60. The summed E-state index contributed by atoms with van der Waals surface area (Å²) in [4.78, 5) is 19.2. The maximum absolute atomic E-state index is 9.60. The van der Waals surface area contributed by atoms with Crippen LogP contribution in [0.2, 0.25) is 0 Å². The molecule has 22 heavy (non-hydrogen) atoms. The highest BCUT2D eigenvalue weighted by Gasteiger charge is 2.36. The van der Waals surface area contributed by atoms with E-state index in [1.165, 1.54) is 20.8 Å². The third kappa shape index (κ3) is 14.7. The average molecular weight is 318 g/mol. The molecule has 0 aromatic rings. The first-order valence-electron chi connectivity index (χ1n) is 6.82. The molecule has 0 rings (SSSR count). The van der Waals surface area contributed by atoms with Crippen molar-refractivity contribution in [1.82, 2.24) is 0 Å². The van der Waals surface area contributed by atoms with Crippen molar-refractivity contribution in [3.05, 3.63) is 24.3 Å². The Hall–Kier alpha value is -1.66. The van der Waals surface area contributed by atoms with Gasteiger partial charge in [-0.25, -0.2) is 9.59 Å². The average Bonchev–Trinajstić information content (AvgIpc) is 2.28. The van der Waals surface area contributed by atoms with Crippen LogP contribution < -0.4 is 0 Å². The number of hydrogen-bond acceptors (Lipinski definition) is 4. The Morgan fingerprint density at radius 2 is 1.14 bits per heavy atom. The van der Waals surface area contributed by atoms with Crippen LogP contribution in [0.1, 0.15) is 54.4 Å². The number of carboxylic acids is 2. The largest absolute Gasteiger partial charge is 0.478 e. The van der Waals surface area contributed by atoms with Crippen molar-refractivity contribution >= 4 is 11.9 Å². The number of hydrogen-bond donors (Lipinski definition) is 4. The molecular formula is C16H30O6. The van der Waals surface area contributed by atoms with E-state index >= 15 is 0 Å². The van der Waals surface area contributed by atoms with Gasteiger partial charge in [-0.05, 0) is 27.2 Å². The molecule has 0 atom stereocenters. The van der Waals surface area contributed by atoms with Gasteiger partial charge >= 0.3 is 11.9 Å². The van der Waals surface area contributed by atoms with Gasteiger partial charge in [0.2, 0.25) is 0 Å². The Morgan fingerprint density at radius 1 is 0.909 bits per heavy atom. The predicted octanol–water partition coefficient (Wildman–Crippen LogP) is 2.81. The van der Waals surface area contributed by atoms with Crippen LogP contribution in [0.4, 0.5) is 0 Å². The molecule has 0 heterocycles. The fraction of sp³-hybridized carbons (Fsp3) is 0.625. The normalized spacial score (nSPS) is 10.4. The molecule has 130 valence electrons. The summed E-state index contributed by atoms with van der Waals surface area (Å²) in [6.45, 7) is 16.4. The van der Waals surface area contributed by atoms with Gasteiger partial charge in [0.15, 0.2) is 5.79 Å². The van der Waals surface area contributed by atoms with Crippen molar-refractivity contribution in [2.45, 2.75) is 60.2 Å². The van der Waals surface area contributed by atoms with E-state index in [0.29, 0.717) is 0 Å². The van der Waals surface area contributed by atoms with Crippen molar-refractivity contribution in [3.8, 4) is 0 Å². The minimum Gasteiger partial charge on any atom is -0.478 e. The summed E-state index contributed by atoms with van der Waals surface area (Å²) in [5, 5.41) is 34.2. The summed E-state index contributed by atoms with van der Waals surface area (Å²) in [6.07, 6.45) is 1.81. The molecule has 0 amide bonds. The summed E-state index contributed by atoms with van der Waals surface area (Å²) in [6, 6.07) is 0. The molecule has 0 radical (unpaired) electrons. The number of carboxylic acid groups (broad SMARTS) is 2. The van der Waals surface area contributed by atoms with Gasteiger partial charge in [0, 0.05) is 16.6 Å². The highest BCUT2D eigenvalue weighted by atomic mass is 16.5. The van der Waals surface area contributed by atoms with E-state index in [-0.39, 0.29) is 11.1 Å². The van der Waals surface area contributed by atoms with E-state index in [4.69, 9.17) is 10.2 Å². The van der Waals surface area contributed by atoms with Gasteiger partial charge < -0.3 is 20.4 Å². The van der Waals surface area contributed by atoms with Gasteiger partial charge in [0.25, 0.3) is 0 Å². The Kier molecular flexibility index (Phi) is 12.6. The Bertz CT molecular complexity index is 340. The molecule has 0 unspecified atom stereocenters. The van der Waals surface area contributed by atoms with Crippen LogP contribution in [-0.2, 0) is 9.59 Å². The molecule has 0 aromatic heterocycles. The first kappa shape index (κ1) is 25.3. The standard InChI is InChI=1S/C8H18O2.2C4H6O2/c1-5-6-7(2,3)8(4,9)10;2*1-3(2)4(5)6/h9-10H,5-6H2,1-4H3;2*1H2,2H3,(H,5,6). The molecule has 6 nitrogen and oxygen atoms in total. The zero-order valence-electron chi connectivity index (χ0n) is 14.4. The summed E-state index contributed by atoms with van der Waals surface area (Å²) in [5.41, 5.74) is -0.0492. The fourth-order valence-electron chi connectivity index (χ4n) is 0.862. The number of carbonyl (C=O) groups is 2. The lowest BCUT2D eigenvalue weighted by molar-refractivity contribution is -0.220. The van der Waals surface area contributed by atoms with Crippen molar-refractivity contribution in [1.29, 1.82) is 0 Å². The monoisotopic (exact) mass is 318 g/mol. The van der Waals surface area contributed by atoms with E-state index in [1.807, 2.05) is 20.8 Å². The predicted molar refractivity (Wildman–Crippen MR) is 86.4 cm³/mol. The minimum absolute atomic E-state index is 0.176. The summed E-state index contributed by atoms with van der Waals surface area (Å²) in [5.74, 6) is -3.42. The zero-order valence-corrected chi connectivity index (χ0v) is 14.4. The van der Waals surface area contributed by atoms with Gasteiger partial charge in [-0.2, -0.15) is 0 Å². The highest BCUT2D eigenvalue weighted by Crippen LogP contribution is 2.32. The number of aliphatic carboxylic acids is 2. The van der Waals surface area contributed by atoms with Crippen LogP contribution in [0.25, 0.3) is 0 Å². The SMILES string of the molecule is C=C(C)C(=O)O.C=C(C)C(=O)O.CCCC(C)(C)C(C)(O)O. The second-order valence-electron chi connectivity index (χ2n) is 5.83. The van der Waals surface area contributed by atoms with Crippen molar-refractivity contribution in [2.75, 3.05) is 0 Å². The molecule has 0 aliphatic carbocycles. The smallest absolute Gasteiger partial charge is 0.330 e. The lowest BCUT2D eigenvalue weighted by Gasteiger charge is -2.35. The van der Waals surface area contributed by atoms with Crippen molar-refractivity contribution in [2.24, 2.45) is 5.41 Å². The number of rotatable bonds is 5. The molecular weight excluding hydrogens is 288 g/mol. The highest BCUT2D eigenvalue weighted by molar-refractivity contribution is 5.85. The number of aliphatic hydroxyl groups is 2. The zero-order chi connectivity index (χ0) is 18.7. The fourth-order valence-corrected chi connectivity index (χ4v) is 0.862. The Morgan fingerprint density at radius 3 is 1.18 bits per heavy atom. The van der Waals surface area contributed by atoms with Crippen molar-refractivity contribution < 1.29 is 30.0 Å². The Labute approximate surface area is 132 Å². The van der Waals surface area contributed by atoms with Gasteiger partial charge in [-0.3, -0.25) is 0 Å². The van der Waals surface area contributed by atoms with Crippen LogP contribution in [0.15, 0.2) is 24.3 Å².